The lowest BCUT2D eigenvalue weighted by Crippen LogP contribution is -2.51. The fourth-order valence-electron chi connectivity index (χ4n) is 1.39. The second-order valence-electron chi connectivity index (χ2n) is 5.70. The first kappa shape index (κ1) is 14.8. The smallest absolute Gasteiger partial charge is 0.0814 e. The zero-order valence-electron chi connectivity index (χ0n) is 12.0. The summed E-state index contributed by atoms with van der Waals surface area (Å²) in [6, 6.07) is 2.01. The number of aromatic nitrogens is 1. The van der Waals surface area contributed by atoms with Crippen LogP contribution in [0.25, 0.3) is 0 Å². The lowest BCUT2D eigenvalue weighted by molar-refractivity contribution is 0.0240. The van der Waals surface area contributed by atoms with Gasteiger partial charge in [-0.15, -0.1) is 0 Å². The number of nitrogens with zero attached hydrogens (tertiary/aromatic N) is 1. The Morgan fingerprint density at radius 2 is 1.78 bits per heavy atom. The number of anilines is 2. The summed E-state index contributed by atoms with van der Waals surface area (Å²) in [4.78, 5) is 4.20. The highest BCUT2D eigenvalue weighted by atomic mass is 16.3. The molecule has 102 valence electrons. The number of hydrogen-bond donors (Lipinski definition) is 3. The molecule has 4 nitrogen and oxygen atoms in total. The van der Waals surface area contributed by atoms with Crippen molar-refractivity contribution in [2.45, 2.75) is 52.2 Å². The van der Waals surface area contributed by atoms with Gasteiger partial charge < -0.3 is 15.7 Å². The minimum absolute atomic E-state index is 0.432. The molecule has 3 N–H and O–H groups in total. The summed E-state index contributed by atoms with van der Waals surface area (Å²) in [5, 5.41) is 16.7. The first-order valence-electron chi connectivity index (χ1n) is 6.46. The van der Waals surface area contributed by atoms with Crippen molar-refractivity contribution in [1.29, 1.82) is 0 Å². The Kier molecular flexibility index (Phi) is 4.57. The van der Waals surface area contributed by atoms with E-state index in [2.05, 4.69) is 22.5 Å². The Bertz CT molecular complexity index is 383. The number of pyridine rings is 1. The molecule has 0 radical (unpaired) electrons. The number of aliphatic hydroxyl groups is 1. The molecule has 0 aromatic carbocycles. The molecular weight excluding hydrogens is 226 g/mol. The molecule has 1 aromatic rings. The van der Waals surface area contributed by atoms with E-state index in [1.807, 2.05) is 19.9 Å². The van der Waals surface area contributed by atoms with Crippen molar-refractivity contribution in [1.82, 2.24) is 4.98 Å². The van der Waals surface area contributed by atoms with Crippen LogP contribution in [0, 0.1) is 0 Å². The summed E-state index contributed by atoms with van der Waals surface area (Å²) in [5.41, 5.74) is 0.648. The lowest BCUT2D eigenvalue weighted by atomic mass is 9.86. The Balaban J connectivity index is 2.79. The monoisotopic (exact) mass is 251 g/mol. The SMILES string of the molecule is CCCNc1cncc(NC(C)(C)C(C)(C)O)c1. The van der Waals surface area contributed by atoms with Gasteiger partial charge in [-0.3, -0.25) is 4.98 Å². The molecule has 0 bridgehead atoms. The molecule has 18 heavy (non-hydrogen) atoms. The van der Waals surface area contributed by atoms with Crippen LogP contribution in [0.2, 0.25) is 0 Å². The third-order valence-electron chi connectivity index (χ3n) is 3.30. The van der Waals surface area contributed by atoms with E-state index in [4.69, 9.17) is 0 Å². The van der Waals surface area contributed by atoms with Gasteiger partial charge in [0, 0.05) is 6.54 Å². The molecule has 0 spiro atoms. The molecular formula is C14H25N3O. The summed E-state index contributed by atoms with van der Waals surface area (Å²) < 4.78 is 0. The van der Waals surface area contributed by atoms with Gasteiger partial charge >= 0.3 is 0 Å². The van der Waals surface area contributed by atoms with E-state index < -0.39 is 11.1 Å². The van der Waals surface area contributed by atoms with Gasteiger partial charge in [-0.2, -0.15) is 0 Å². The second kappa shape index (κ2) is 5.57. The van der Waals surface area contributed by atoms with Crippen LogP contribution >= 0.6 is 0 Å². The predicted molar refractivity (Wildman–Crippen MR) is 77.0 cm³/mol. The van der Waals surface area contributed by atoms with Crippen LogP contribution in [0.3, 0.4) is 0 Å². The van der Waals surface area contributed by atoms with Gasteiger partial charge in [-0.05, 0) is 40.2 Å². The van der Waals surface area contributed by atoms with Crippen LogP contribution in [-0.4, -0.2) is 27.8 Å². The van der Waals surface area contributed by atoms with E-state index in [1.54, 1.807) is 26.2 Å². The molecule has 0 atom stereocenters. The van der Waals surface area contributed by atoms with Crippen LogP contribution in [0.1, 0.15) is 41.0 Å². The molecule has 0 saturated heterocycles. The summed E-state index contributed by atoms with van der Waals surface area (Å²) >= 11 is 0. The first-order chi connectivity index (χ1) is 8.26. The van der Waals surface area contributed by atoms with Crippen molar-refractivity contribution in [3.8, 4) is 0 Å². The number of hydrogen-bond acceptors (Lipinski definition) is 4. The maximum absolute atomic E-state index is 10.1. The van der Waals surface area contributed by atoms with Gasteiger partial charge in [-0.1, -0.05) is 6.92 Å². The Hall–Kier alpha value is -1.29. The molecule has 1 heterocycles. The highest BCUT2D eigenvalue weighted by molar-refractivity contribution is 5.55. The molecule has 0 aliphatic rings. The molecule has 4 heteroatoms. The molecule has 0 amide bonds. The number of rotatable bonds is 6. The van der Waals surface area contributed by atoms with Crippen LogP contribution in [-0.2, 0) is 0 Å². The topological polar surface area (TPSA) is 57.2 Å². The maximum Gasteiger partial charge on any atom is 0.0814 e. The van der Waals surface area contributed by atoms with Crippen LogP contribution < -0.4 is 10.6 Å². The standard InChI is InChI=1S/C14H25N3O/c1-6-7-16-11-8-12(10-15-9-11)17-13(2,3)14(4,5)18/h8-10,16-18H,6-7H2,1-5H3. The second-order valence-corrected chi connectivity index (χ2v) is 5.70. The summed E-state index contributed by atoms with van der Waals surface area (Å²) in [6.45, 7) is 10.6. The van der Waals surface area contributed by atoms with Crippen molar-refractivity contribution in [2.75, 3.05) is 17.2 Å². The molecule has 0 unspecified atom stereocenters. The summed E-state index contributed by atoms with van der Waals surface area (Å²) in [5.74, 6) is 0. The minimum Gasteiger partial charge on any atom is -0.388 e. The van der Waals surface area contributed by atoms with Gasteiger partial charge in [0.2, 0.25) is 0 Å². The molecule has 1 aromatic heterocycles. The van der Waals surface area contributed by atoms with E-state index >= 15 is 0 Å². The Labute approximate surface area is 110 Å². The van der Waals surface area contributed by atoms with E-state index in [-0.39, 0.29) is 0 Å². The highest BCUT2D eigenvalue weighted by Gasteiger charge is 2.34. The maximum atomic E-state index is 10.1. The molecule has 0 saturated carbocycles. The highest BCUT2D eigenvalue weighted by Crippen LogP contribution is 2.26. The van der Waals surface area contributed by atoms with E-state index in [1.165, 1.54) is 0 Å². The van der Waals surface area contributed by atoms with Gasteiger partial charge in [-0.25, -0.2) is 0 Å². The van der Waals surface area contributed by atoms with Gasteiger partial charge in [0.25, 0.3) is 0 Å². The zero-order valence-corrected chi connectivity index (χ0v) is 12.0. The molecule has 0 aliphatic carbocycles. The minimum atomic E-state index is -0.820. The average molecular weight is 251 g/mol. The predicted octanol–water partition coefficient (Wildman–Crippen LogP) is 2.86. The number of nitrogens with one attached hydrogen (secondary N) is 2. The lowest BCUT2D eigenvalue weighted by Gasteiger charge is -2.38. The molecule has 0 fully saturated rings. The van der Waals surface area contributed by atoms with Crippen molar-refractivity contribution in [3.05, 3.63) is 18.5 Å². The zero-order chi connectivity index (χ0) is 13.8. The Morgan fingerprint density at radius 1 is 1.17 bits per heavy atom. The van der Waals surface area contributed by atoms with Crippen LogP contribution in [0.5, 0.6) is 0 Å². The van der Waals surface area contributed by atoms with Gasteiger partial charge in [0.05, 0.1) is 34.9 Å². The fourth-order valence-corrected chi connectivity index (χ4v) is 1.39. The molecule has 0 aliphatic heterocycles. The summed E-state index contributed by atoms with van der Waals surface area (Å²) in [6.07, 6.45) is 4.65. The van der Waals surface area contributed by atoms with Crippen molar-refractivity contribution in [3.63, 3.8) is 0 Å². The van der Waals surface area contributed by atoms with Crippen molar-refractivity contribution in [2.24, 2.45) is 0 Å². The third kappa shape index (κ3) is 3.88. The first-order valence-corrected chi connectivity index (χ1v) is 6.46. The summed E-state index contributed by atoms with van der Waals surface area (Å²) in [7, 11) is 0. The quantitative estimate of drug-likeness (QED) is 0.727. The van der Waals surface area contributed by atoms with Crippen molar-refractivity contribution < 1.29 is 5.11 Å². The van der Waals surface area contributed by atoms with Gasteiger partial charge in [0.15, 0.2) is 0 Å². The largest absolute Gasteiger partial charge is 0.388 e. The normalized spacial score (nSPS) is 12.3. The van der Waals surface area contributed by atoms with E-state index in [9.17, 15) is 5.11 Å². The van der Waals surface area contributed by atoms with E-state index in [0.29, 0.717) is 0 Å². The van der Waals surface area contributed by atoms with Crippen LogP contribution in [0.15, 0.2) is 18.5 Å². The fraction of sp³-hybridized carbons (Fsp3) is 0.643. The third-order valence-corrected chi connectivity index (χ3v) is 3.30. The van der Waals surface area contributed by atoms with Crippen LogP contribution in [0.4, 0.5) is 11.4 Å². The Morgan fingerprint density at radius 3 is 2.33 bits per heavy atom. The van der Waals surface area contributed by atoms with Crippen molar-refractivity contribution >= 4 is 11.4 Å². The molecule has 1 rings (SSSR count). The average Bonchev–Trinajstić information content (AvgIpc) is 2.24. The van der Waals surface area contributed by atoms with Gasteiger partial charge in [0.1, 0.15) is 0 Å². The van der Waals surface area contributed by atoms with E-state index in [0.717, 1.165) is 24.3 Å².